The van der Waals surface area contributed by atoms with Crippen molar-refractivity contribution in [1.29, 1.82) is 0 Å². The van der Waals surface area contributed by atoms with Gasteiger partial charge in [0.25, 0.3) is 11.8 Å². The molecule has 3 amide bonds. The van der Waals surface area contributed by atoms with Crippen LogP contribution in [0.15, 0.2) is 55.1 Å². The number of carbonyl (C=O) groups is 3. The molecule has 1 saturated heterocycles. The SMILES string of the molecule is Cn1c(-c2cn(Cc3cccnc3)nc2C(F)(F)F)cnc1C(=O)Nc1ccc(C(=O)N2CCN(C(=O)C3CC(N)C3)CC2)c(Cl)c1. The van der Waals surface area contributed by atoms with Crippen LogP contribution in [0.25, 0.3) is 11.3 Å². The molecule has 246 valence electrons. The van der Waals surface area contributed by atoms with Gasteiger partial charge < -0.3 is 25.4 Å². The first-order valence-electron chi connectivity index (χ1n) is 14.9. The van der Waals surface area contributed by atoms with Gasteiger partial charge in [-0.2, -0.15) is 18.3 Å². The Morgan fingerprint density at radius 2 is 1.79 bits per heavy atom. The molecule has 2 aliphatic rings. The van der Waals surface area contributed by atoms with Crippen molar-refractivity contribution < 1.29 is 27.6 Å². The second-order valence-corrected chi connectivity index (χ2v) is 12.1. The molecule has 2 fully saturated rings. The molecule has 0 unspecified atom stereocenters. The Kier molecular flexibility index (Phi) is 8.76. The van der Waals surface area contributed by atoms with Gasteiger partial charge in [0.1, 0.15) is 0 Å². The second kappa shape index (κ2) is 12.8. The average Bonchev–Trinajstić information content (AvgIpc) is 3.63. The van der Waals surface area contributed by atoms with Crippen molar-refractivity contribution in [3.05, 3.63) is 82.8 Å². The summed E-state index contributed by atoms with van der Waals surface area (Å²) < 4.78 is 44.3. The number of piperazine rings is 1. The summed E-state index contributed by atoms with van der Waals surface area (Å²) in [7, 11) is 1.43. The molecule has 3 N–H and O–H groups in total. The summed E-state index contributed by atoms with van der Waals surface area (Å²) in [6.07, 6.45) is 2.16. The molecule has 6 rings (SSSR count). The lowest BCUT2D eigenvalue weighted by Crippen LogP contribution is -2.54. The van der Waals surface area contributed by atoms with Crippen LogP contribution in [0, 0.1) is 5.92 Å². The third kappa shape index (κ3) is 6.72. The third-order valence-corrected chi connectivity index (χ3v) is 8.74. The highest BCUT2D eigenvalue weighted by atomic mass is 35.5. The van der Waals surface area contributed by atoms with E-state index in [1.807, 2.05) is 0 Å². The van der Waals surface area contributed by atoms with E-state index in [4.69, 9.17) is 17.3 Å². The first-order chi connectivity index (χ1) is 22.4. The Morgan fingerprint density at radius 1 is 1.06 bits per heavy atom. The van der Waals surface area contributed by atoms with Crippen LogP contribution in [-0.4, -0.2) is 84.1 Å². The maximum absolute atomic E-state index is 14.0. The molecular weight excluding hydrogens is 639 g/mol. The predicted molar refractivity (Wildman–Crippen MR) is 165 cm³/mol. The van der Waals surface area contributed by atoms with Crippen LogP contribution >= 0.6 is 11.6 Å². The number of alkyl halides is 3. The monoisotopic (exact) mass is 669 g/mol. The first kappa shape index (κ1) is 32.2. The molecule has 12 nitrogen and oxygen atoms in total. The number of rotatable bonds is 7. The van der Waals surface area contributed by atoms with Crippen LogP contribution in [0.1, 0.15) is 45.1 Å². The van der Waals surface area contributed by atoms with Gasteiger partial charge >= 0.3 is 6.18 Å². The van der Waals surface area contributed by atoms with Crippen LogP contribution in [0.4, 0.5) is 18.9 Å². The molecule has 1 saturated carbocycles. The fourth-order valence-corrected chi connectivity index (χ4v) is 6.09. The lowest BCUT2D eigenvalue weighted by Gasteiger charge is -2.40. The van der Waals surface area contributed by atoms with Crippen molar-refractivity contribution in [2.24, 2.45) is 18.7 Å². The maximum atomic E-state index is 14.0. The summed E-state index contributed by atoms with van der Waals surface area (Å²) in [4.78, 5) is 50.5. The summed E-state index contributed by atoms with van der Waals surface area (Å²) in [5.41, 5.74) is 5.66. The van der Waals surface area contributed by atoms with Crippen LogP contribution in [0.3, 0.4) is 0 Å². The molecule has 1 aromatic carbocycles. The minimum absolute atomic E-state index is 0.0388. The highest BCUT2D eigenvalue weighted by Crippen LogP contribution is 2.36. The maximum Gasteiger partial charge on any atom is 0.435 e. The van der Waals surface area contributed by atoms with Gasteiger partial charge in [0.05, 0.1) is 34.6 Å². The minimum Gasteiger partial charge on any atom is -0.339 e. The van der Waals surface area contributed by atoms with E-state index in [0.29, 0.717) is 44.6 Å². The second-order valence-electron chi connectivity index (χ2n) is 11.7. The van der Waals surface area contributed by atoms with Gasteiger partial charge in [-0.3, -0.25) is 24.0 Å². The van der Waals surface area contributed by atoms with Crippen molar-refractivity contribution >= 4 is 35.0 Å². The van der Waals surface area contributed by atoms with E-state index in [-0.39, 0.29) is 63.7 Å². The molecular formula is C31H31ClF3N9O3. The number of benzene rings is 1. The van der Waals surface area contributed by atoms with Crippen molar-refractivity contribution in [1.82, 2.24) is 34.1 Å². The lowest BCUT2D eigenvalue weighted by atomic mass is 9.80. The fourth-order valence-electron chi connectivity index (χ4n) is 5.82. The number of nitrogens with two attached hydrogens (primary N) is 1. The highest BCUT2D eigenvalue weighted by molar-refractivity contribution is 6.34. The standard InChI is InChI=1S/C31H31ClF3N9O3/c1-41-25(23-17-44(40-26(23)31(33,34)35)16-18-3-2-6-37-14-18)15-38-27(41)28(45)39-21-4-5-22(24(32)13-21)30(47)43-9-7-42(8-10-43)29(46)19-11-20(36)12-19/h2-6,13-15,17,19-20H,7-12,16,36H2,1H3,(H,39,45). The molecule has 1 aliphatic carbocycles. The third-order valence-electron chi connectivity index (χ3n) is 8.42. The number of carbonyl (C=O) groups excluding carboxylic acids is 3. The van der Waals surface area contributed by atoms with E-state index >= 15 is 0 Å². The zero-order chi connectivity index (χ0) is 33.5. The van der Waals surface area contributed by atoms with Crippen molar-refractivity contribution in [3.8, 4) is 11.3 Å². The molecule has 4 aromatic rings. The number of anilines is 1. The predicted octanol–water partition coefficient (Wildman–Crippen LogP) is 3.67. The van der Waals surface area contributed by atoms with Gasteiger partial charge in [-0.05, 0) is 42.7 Å². The van der Waals surface area contributed by atoms with Crippen LogP contribution < -0.4 is 11.1 Å². The number of halogens is 4. The number of hydrogen-bond acceptors (Lipinski definition) is 7. The summed E-state index contributed by atoms with van der Waals surface area (Å²) in [5.74, 6) is -1.11. The van der Waals surface area contributed by atoms with Gasteiger partial charge in [-0.25, -0.2) is 4.98 Å². The van der Waals surface area contributed by atoms with Gasteiger partial charge in [0, 0.05) is 69.5 Å². The highest BCUT2D eigenvalue weighted by Gasteiger charge is 2.39. The first-order valence-corrected chi connectivity index (χ1v) is 15.3. The zero-order valence-corrected chi connectivity index (χ0v) is 26.0. The number of pyridine rings is 1. The van der Waals surface area contributed by atoms with Gasteiger partial charge in [-0.1, -0.05) is 17.7 Å². The topological polar surface area (TPSA) is 144 Å². The quantitative estimate of drug-likeness (QED) is 0.306. The molecule has 0 radical (unpaired) electrons. The summed E-state index contributed by atoms with van der Waals surface area (Å²) in [6.45, 7) is 1.62. The Morgan fingerprint density at radius 3 is 2.43 bits per heavy atom. The molecule has 16 heteroatoms. The normalized spacial score (nSPS) is 18.2. The van der Waals surface area contributed by atoms with Crippen LogP contribution in [-0.2, 0) is 24.6 Å². The number of hydrogen-bond donors (Lipinski definition) is 2. The number of nitrogens with one attached hydrogen (secondary N) is 1. The average molecular weight is 670 g/mol. The zero-order valence-electron chi connectivity index (χ0n) is 25.2. The summed E-state index contributed by atoms with van der Waals surface area (Å²) >= 11 is 6.45. The molecule has 0 atom stereocenters. The minimum atomic E-state index is -4.76. The number of amides is 3. The Labute approximate surface area is 272 Å². The molecule has 0 spiro atoms. The molecule has 4 heterocycles. The number of nitrogens with zero attached hydrogens (tertiary/aromatic N) is 7. The number of imidazole rings is 1. The Balaban J connectivity index is 1.12. The van der Waals surface area contributed by atoms with E-state index in [1.165, 1.54) is 48.4 Å². The fraction of sp³-hybridized carbons (Fsp3) is 0.355. The van der Waals surface area contributed by atoms with E-state index in [9.17, 15) is 27.6 Å². The number of aromatic nitrogens is 5. The van der Waals surface area contributed by atoms with Crippen molar-refractivity contribution in [3.63, 3.8) is 0 Å². The molecule has 47 heavy (non-hydrogen) atoms. The van der Waals surface area contributed by atoms with Gasteiger partial charge in [0.15, 0.2) is 11.5 Å². The van der Waals surface area contributed by atoms with E-state index < -0.39 is 17.8 Å². The summed E-state index contributed by atoms with van der Waals surface area (Å²) in [6, 6.07) is 7.89. The van der Waals surface area contributed by atoms with Crippen molar-refractivity contribution in [2.45, 2.75) is 31.6 Å². The Hall–Kier alpha value is -4.76. The molecule has 0 bridgehead atoms. The van der Waals surface area contributed by atoms with E-state index in [2.05, 4.69) is 20.4 Å². The lowest BCUT2D eigenvalue weighted by molar-refractivity contribution is -0.141. The molecule has 1 aliphatic heterocycles. The Bertz CT molecular complexity index is 1810. The van der Waals surface area contributed by atoms with Gasteiger partial charge in [-0.15, -0.1) is 0 Å². The van der Waals surface area contributed by atoms with Gasteiger partial charge in [0.2, 0.25) is 5.91 Å². The molecule has 3 aromatic heterocycles. The van der Waals surface area contributed by atoms with Crippen molar-refractivity contribution in [2.75, 3.05) is 31.5 Å². The van der Waals surface area contributed by atoms with Crippen LogP contribution in [0.5, 0.6) is 0 Å². The summed E-state index contributed by atoms with van der Waals surface area (Å²) in [5, 5.41) is 6.51. The van der Waals surface area contributed by atoms with Crippen LogP contribution in [0.2, 0.25) is 5.02 Å². The smallest absolute Gasteiger partial charge is 0.339 e. The van der Waals surface area contributed by atoms with E-state index in [1.54, 1.807) is 28.1 Å². The largest absolute Gasteiger partial charge is 0.435 e. The van der Waals surface area contributed by atoms with E-state index in [0.717, 1.165) is 4.68 Å².